The molecule has 0 spiro atoms. The van der Waals surface area contributed by atoms with E-state index in [0.29, 0.717) is 28.4 Å². The zero-order valence-corrected chi connectivity index (χ0v) is 21.3. The summed E-state index contributed by atoms with van der Waals surface area (Å²) in [6.45, 7) is 3.97. The number of fused-ring (bicyclic) bond motifs is 2. The summed E-state index contributed by atoms with van der Waals surface area (Å²) in [6.07, 6.45) is 0.748. The van der Waals surface area contributed by atoms with Gasteiger partial charge in [0.05, 0.1) is 28.9 Å². The van der Waals surface area contributed by atoms with Crippen LogP contribution in [0.3, 0.4) is 0 Å². The number of aromatic nitrogens is 1. The summed E-state index contributed by atoms with van der Waals surface area (Å²) >= 11 is 1.34. The number of ketones is 1. The molecule has 2 aliphatic rings. The highest BCUT2D eigenvalue weighted by Crippen LogP contribution is 2.45. The SMILES string of the molecule is COc1ccc([C@H]2/C(=C(\O)c3ccc4c(c3)C[C@H](C)O4)C(=O)C(=O)N2c2nc3ccc(C)cc3s2)cc1. The maximum atomic E-state index is 13.5. The number of amides is 1. The summed E-state index contributed by atoms with van der Waals surface area (Å²) < 4.78 is 12.0. The fraction of sp³-hybridized carbons (Fsp3) is 0.207. The number of hydrogen-bond donors (Lipinski definition) is 1. The van der Waals surface area contributed by atoms with E-state index in [-0.39, 0.29) is 17.4 Å². The Balaban J connectivity index is 1.53. The molecule has 0 unspecified atom stereocenters. The molecular formula is C29H24N2O5S. The molecule has 0 radical (unpaired) electrons. The first-order chi connectivity index (χ1) is 17.8. The summed E-state index contributed by atoms with van der Waals surface area (Å²) in [4.78, 5) is 33.0. The Kier molecular flexibility index (Phi) is 5.49. The van der Waals surface area contributed by atoms with Gasteiger partial charge < -0.3 is 14.6 Å². The van der Waals surface area contributed by atoms with Gasteiger partial charge in [0.1, 0.15) is 23.4 Å². The van der Waals surface area contributed by atoms with Gasteiger partial charge >= 0.3 is 5.91 Å². The normalized spacial score (nSPS) is 20.4. The zero-order valence-electron chi connectivity index (χ0n) is 20.5. The van der Waals surface area contributed by atoms with Gasteiger partial charge in [-0.2, -0.15) is 0 Å². The zero-order chi connectivity index (χ0) is 25.8. The van der Waals surface area contributed by atoms with Gasteiger partial charge in [-0.1, -0.05) is 29.5 Å². The molecule has 3 heterocycles. The molecule has 0 saturated carbocycles. The van der Waals surface area contributed by atoms with Crippen molar-refractivity contribution >= 4 is 44.1 Å². The van der Waals surface area contributed by atoms with E-state index in [9.17, 15) is 14.7 Å². The number of anilines is 1. The molecule has 37 heavy (non-hydrogen) atoms. The number of benzene rings is 3. The Hall–Kier alpha value is -4.17. The van der Waals surface area contributed by atoms with Crippen molar-refractivity contribution < 1.29 is 24.2 Å². The Morgan fingerprint density at radius 2 is 1.89 bits per heavy atom. The van der Waals surface area contributed by atoms with Gasteiger partial charge in [0.25, 0.3) is 5.78 Å². The smallest absolute Gasteiger partial charge is 0.301 e. The Morgan fingerprint density at radius 3 is 2.65 bits per heavy atom. The summed E-state index contributed by atoms with van der Waals surface area (Å²) in [6, 6.07) is 17.5. The standard InChI is InChI=1S/C29H24N2O5S/c1-15-4-10-21-23(12-15)37-29(30-21)31-25(17-5-8-20(35-3)9-6-17)24(27(33)28(31)34)26(32)18-7-11-22-19(14-18)13-16(2)36-22/h4-12,14,16,25,32H,13H2,1-3H3/b26-24+/t16-,25-/m0/s1. The molecule has 1 aromatic heterocycles. The minimum Gasteiger partial charge on any atom is -0.507 e. The van der Waals surface area contributed by atoms with Crippen LogP contribution in [0.15, 0.2) is 66.2 Å². The predicted molar refractivity (Wildman–Crippen MR) is 142 cm³/mol. The van der Waals surface area contributed by atoms with E-state index >= 15 is 0 Å². The Morgan fingerprint density at radius 1 is 1.11 bits per heavy atom. The summed E-state index contributed by atoms with van der Waals surface area (Å²) in [5, 5.41) is 11.9. The van der Waals surface area contributed by atoms with Crippen molar-refractivity contribution in [2.45, 2.75) is 32.4 Å². The summed E-state index contributed by atoms with van der Waals surface area (Å²) in [5.41, 5.74) is 3.92. The van der Waals surface area contributed by atoms with E-state index in [1.807, 2.05) is 38.1 Å². The van der Waals surface area contributed by atoms with E-state index in [4.69, 9.17) is 9.47 Å². The van der Waals surface area contributed by atoms with Crippen molar-refractivity contribution in [1.29, 1.82) is 0 Å². The molecule has 7 nitrogen and oxygen atoms in total. The van der Waals surface area contributed by atoms with Crippen LogP contribution in [0.1, 0.15) is 35.2 Å². The number of aliphatic hydroxyl groups excluding tert-OH is 1. The first-order valence-electron chi connectivity index (χ1n) is 12.0. The molecule has 186 valence electrons. The van der Waals surface area contributed by atoms with E-state index in [1.165, 1.54) is 16.2 Å². The number of aliphatic hydroxyl groups is 1. The first-order valence-corrected chi connectivity index (χ1v) is 12.8. The topological polar surface area (TPSA) is 89.0 Å². The van der Waals surface area contributed by atoms with Gasteiger partial charge in [0.15, 0.2) is 5.13 Å². The lowest BCUT2D eigenvalue weighted by Gasteiger charge is -2.23. The molecule has 1 saturated heterocycles. The molecule has 3 aromatic carbocycles. The van der Waals surface area contributed by atoms with Crippen LogP contribution < -0.4 is 14.4 Å². The molecule has 1 fully saturated rings. The highest BCUT2D eigenvalue weighted by atomic mass is 32.1. The molecule has 2 atom stereocenters. The van der Waals surface area contributed by atoms with Crippen molar-refractivity contribution in [3.05, 3.63) is 88.5 Å². The number of carbonyl (C=O) groups is 2. The van der Waals surface area contributed by atoms with Gasteiger partial charge in [-0.05, 0) is 73.0 Å². The van der Waals surface area contributed by atoms with Gasteiger partial charge in [0, 0.05) is 12.0 Å². The summed E-state index contributed by atoms with van der Waals surface area (Å²) in [5.74, 6) is -0.291. The van der Waals surface area contributed by atoms with Gasteiger partial charge in [-0.25, -0.2) is 4.98 Å². The number of aryl methyl sites for hydroxylation is 1. The van der Waals surface area contributed by atoms with Crippen LogP contribution in [0.2, 0.25) is 0 Å². The van der Waals surface area contributed by atoms with Crippen LogP contribution in [0.4, 0.5) is 5.13 Å². The molecule has 6 rings (SSSR count). The quantitative estimate of drug-likeness (QED) is 0.219. The van der Waals surface area contributed by atoms with Crippen molar-refractivity contribution in [2.75, 3.05) is 12.0 Å². The Labute approximate surface area is 217 Å². The molecule has 0 bridgehead atoms. The largest absolute Gasteiger partial charge is 0.507 e. The molecule has 1 amide bonds. The monoisotopic (exact) mass is 512 g/mol. The number of rotatable bonds is 4. The number of hydrogen-bond acceptors (Lipinski definition) is 7. The second kappa shape index (κ2) is 8.74. The average Bonchev–Trinajstić information content (AvgIpc) is 3.55. The highest BCUT2D eigenvalue weighted by molar-refractivity contribution is 7.22. The van der Waals surface area contributed by atoms with Crippen molar-refractivity contribution in [2.24, 2.45) is 0 Å². The number of thiazole rings is 1. The lowest BCUT2D eigenvalue weighted by molar-refractivity contribution is -0.132. The fourth-order valence-corrected chi connectivity index (χ4v) is 6.07. The molecule has 1 N–H and O–H groups in total. The molecular weight excluding hydrogens is 488 g/mol. The Bertz CT molecular complexity index is 1600. The number of carbonyl (C=O) groups excluding carboxylic acids is 2. The average molecular weight is 513 g/mol. The third kappa shape index (κ3) is 3.84. The fourth-order valence-electron chi connectivity index (χ4n) is 4.98. The van der Waals surface area contributed by atoms with E-state index in [0.717, 1.165) is 27.1 Å². The van der Waals surface area contributed by atoms with E-state index in [2.05, 4.69) is 4.98 Å². The maximum Gasteiger partial charge on any atom is 0.301 e. The predicted octanol–water partition coefficient (Wildman–Crippen LogP) is 5.56. The minimum absolute atomic E-state index is 0.0255. The van der Waals surface area contributed by atoms with Crippen LogP contribution in [0, 0.1) is 6.92 Å². The van der Waals surface area contributed by atoms with Crippen LogP contribution in [-0.2, 0) is 16.0 Å². The highest BCUT2D eigenvalue weighted by Gasteiger charge is 2.48. The molecule has 8 heteroatoms. The lowest BCUT2D eigenvalue weighted by atomic mass is 9.94. The number of Topliss-reactive ketones (excluding diaryl/α,β-unsaturated/α-hetero) is 1. The van der Waals surface area contributed by atoms with Gasteiger partial charge in [0.2, 0.25) is 0 Å². The molecule has 2 aliphatic heterocycles. The first kappa shape index (κ1) is 23.2. The van der Waals surface area contributed by atoms with Gasteiger partial charge in [-0.3, -0.25) is 14.5 Å². The third-order valence-electron chi connectivity index (χ3n) is 6.78. The van der Waals surface area contributed by atoms with E-state index in [1.54, 1.807) is 43.5 Å². The number of nitrogens with zero attached hydrogens (tertiary/aromatic N) is 2. The molecule has 4 aromatic rings. The van der Waals surface area contributed by atoms with Crippen molar-refractivity contribution in [3.8, 4) is 11.5 Å². The lowest BCUT2D eigenvalue weighted by Crippen LogP contribution is -2.29. The van der Waals surface area contributed by atoms with Gasteiger partial charge in [-0.15, -0.1) is 0 Å². The van der Waals surface area contributed by atoms with Crippen molar-refractivity contribution in [1.82, 2.24) is 4.98 Å². The number of methoxy groups -OCH3 is 1. The van der Waals surface area contributed by atoms with Crippen LogP contribution in [0.5, 0.6) is 11.5 Å². The molecule has 0 aliphatic carbocycles. The van der Waals surface area contributed by atoms with E-state index < -0.39 is 17.7 Å². The van der Waals surface area contributed by atoms with Crippen LogP contribution >= 0.6 is 11.3 Å². The maximum absolute atomic E-state index is 13.5. The number of ether oxygens (including phenoxy) is 2. The van der Waals surface area contributed by atoms with Crippen LogP contribution in [-0.4, -0.2) is 35.0 Å². The second-order valence-corrected chi connectivity index (χ2v) is 10.4. The van der Waals surface area contributed by atoms with Crippen LogP contribution in [0.25, 0.3) is 16.0 Å². The third-order valence-corrected chi connectivity index (χ3v) is 7.80. The summed E-state index contributed by atoms with van der Waals surface area (Å²) in [7, 11) is 1.57. The second-order valence-electron chi connectivity index (χ2n) is 9.36. The van der Waals surface area contributed by atoms with Crippen molar-refractivity contribution in [3.63, 3.8) is 0 Å². The minimum atomic E-state index is -0.851.